The quantitative estimate of drug-likeness (QED) is 0.681. The van der Waals surface area contributed by atoms with Gasteiger partial charge in [-0.2, -0.15) is 13.2 Å². The zero-order valence-electron chi connectivity index (χ0n) is 10.5. The Balaban J connectivity index is 2.56. The van der Waals surface area contributed by atoms with Crippen LogP contribution in [0.5, 0.6) is 0 Å². The Morgan fingerprint density at radius 3 is 2.64 bits per heavy atom. The number of benzene rings is 1. The van der Waals surface area contributed by atoms with E-state index in [9.17, 15) is 28.1 Å². The highest BCUT2D eigenvalue weighted by atomic mass is 35.5. The summed E-state index contributed by atoms with van der Waals surface area (Å²) in [6, 6.07) is 1.91. The number of aliphatic hydroxyl groups is 1. The molecule has 0 aliphatic heterocycles. The molecule has 118 valence electrons. The molecule has 0 fully saturated rings. The average Bonchev–Trinajstić information content (AvgIpc) is 2.40. The molecule has 1 atom stereocenters. The standard InChI is InChI=1S/C11H7ClF3N3O4/c12-6-2-7-5(1-8(6)18(21)22)10(20)17(4-16-7)3-9(19)11(13,14)15/h1-2,4,9,19H,3H2/t9-/m1/s1. The van der Waals surface area contributed by atoms with Gasteiger partial charge in [-0.3, -0.25) is 19.5 Å². The van der Waals surface area contributed by atoms with Gasteiger partial charge in [-0.25, -0.2) is 4.98 Å². The van der Waals surface area contributed by atoms with Crippen molar-refractivity contribution >= 4 is 28.2 Å². The van der Waals surface area contributed by atoms with Crippen molar-refractivity contribution in [3.05, 3.63) is 44.0 Å². The lowest BCUT2D eigenvalue weighted by Gasteiger charge is -2.15. The van der Waals surface area contributed by atoms with Gasteiger partial charge in [-0.05, 0) is 6.07 Å². The molecular weight excluding hydrogens is 331 g/mol. The van der Waals surface area contributed by atoms with E-state index in [1.54, 1.807) is 0 Å². The van der Waals surface area contributed by atoms with E-state index in [1.165, 1.54) is 0 Å². The molecule has 0 saturated carbocycles. The summed E-state index contributed by atoms with van der Waals surface area (Å²) in [5.74, 6) is 0. The Hall–Kier alpha value is -2.20. The fourth-order valence-electron chi connectivity index (χ4n) is 1.73. The van der Waals surface area contributed by atoms with Gasteiger partial charge < -0.3 is 5.11 Å². The number of aliphatic hydroxyl groups excluding tert-OH is 1. The average molecular weight is 338 g/mol. The van der Waals surface area contributed by atoms with E-state index in [4.69, 9.17) is 16.7 Å². The first-order valence-electron chi connectivity index (χ1n) is 5.69. The molecule has 0 aliphatic rings. The molecule has 2 rings (SSSR count). The number of aromatic nitrogens is 2. The van der Waals surface area contributed by atoms with Gasteiger partial charge in [-0.1, -0.05) is 11.6 Å². The van der Waals surface area contributed by atoms with E-state index in [1.807, 2.05) is 0 Å². The van der Waals surface area contributed by atoms with Crippen molar-refractivity contribution in [3.63, 3.8) is 0 Å². The monoisotopic (exact) mass is 337 g/mol. The van der Waals surface area contributed by atoms with Crippen molar-refractivity contribution in [3.8, 4) is 0 Å². The van der Waals surface area contributed by atoms with Crippen LogP contribution in [0.25, 0.3) is 10.9 Å². The maximum Gasteiger partial charge on any atom is 0.416 e. The summed E-state index contributed by atoms with van der Waals surface area (Å²) in [6.45, 7) is -1.07. The molecule has 0 bridgehead atoms. The molecule has 0 saturated heterocycles. The summed E-state index contributed by atoms with van der Waals surface area (Å²) in [5, 5.41) is 19.2. The number of hydrogen-bond donors (Lipinski definition) is 1. The molecule has 1 aromatic carbocycles. The molecule has 0 radical (unpaired) electrons. The SMILES string of the molecule is O=c1c2cc([N+](=O)[O-])c(Cl)cc2ncn1C[C@@H](O)C(F)(F)F. The molecule has 1 N–H and O–H groups in total. The molecule has 1 heterocycles. The Bertz CT molecular complexity index is 805. The lowest BCUT2D eigenvalue weighted by molar-refractivity contribution is -0.384. The molecule has 0 unspecified atom stereocenters. The fourth-order valence-corrected chi connectivity index (χ4v) is 1.96. The summed E-state index contributed by atoms with van der Waals surface area (Å²) in [5.41, 5.74) is -1.52. The zero-order chi connectivity index (χ0) is 16.7. The minimum atomic E-state index is -4.90. The Kier molecular flexibility index (Phi) is 4.07. The Morgan fingerprint density at radius 2 is 2.09 bits per heavy atom. The number of halogens is 4. The van der Waals surface area contributed by atoms with Crippen LogP contribution in [0.1, 0.15) is 0 Å². The number of hydrogen-bond acceptors (Lipinski definition) is 5. The van der Waals surface area contributed by atoms with Gasteiger partial charge in [0.05, 0.1) is 28.7 Å². The van der Waals surface area contributed by atoms with E-state index in [-0.39, 0.29) is 15.9 Å². The maximum absolute atomic E-state index is 12.3. The van der Waals surface area contributed by atoms with Crippen LogP contribution in [-0.2, 0) is 6.54 Å². The van der Waals surface area contributed by atoms with Crippen LogP contribution in [0.4, 0.5) is 18.9 Å². The van der Waals surface area contributed by atoms with E-state index in [0.29, 0.717) is 4.57 Å². The second-order valence-corrected chi connectivity index (χ2v) is 4.74. The van der Waals surface area contributed by atoms with Crippen LogP contribution in [0.2, 0.25) is 5.02 Å². The topological polar surface area (TPSA) is 98.3 Å². The van der Waals surface area contributed by atoms with Gasteiger partial charge in [0.15, 0.2) is 6.10 Å². The normalized spacial score (nSPS) is 13.3. The van der Waals surface area contributed by atoms with Gasteiger partial charge >= 0.3 is 6.18 Å². The first kappa shape index (κ1) is 16.2. The lowest BCUT2D eigenvalue weighted by Crippen LogP contribution is -2.36. The molecule has 22 heavy (non-hydrogen) atoms. The summed E-state index contributed by atoms with van der Waals surface area (Å²) >= 11 is 5.66. The zero-order valence-corrected chi connectivity index (χ0v) is 11.3. The molecule has 0 aliphatic carbocycles. The third-order valence-electron chi connectivity index (χ3n) is 2.84. The molecule has 11 heteroatoms. The first-order valence-corrected chi connectivity index (χ1v) is 6.07. The van der Waals surface area contributed by atoms with Crippen molar-refractivity contribution in [2.75, 3.05) is 0 Å². The number of alkyl halides is 3. The largest absolute Gasteiger partial charge is 0.416 e. The third-order valence-corrected chi connectivity index (χ3v) is 3.14. The van der Waals surface area contributed by atoms with E-state index in [0.717, 1.165) is 18.5 Å². The highest BCUT2D eigenvalue weighted by Gasteiger charge is 2.38. The van der Waals surface area contributed by atoms with Crippen LogP contribution in [0.3, 0.4) is 0 Å². The molecule has 2 aromatic rings. The van der Waals surface area contributed by atoms with Crippen molar-refractivity contribution in [2.24, 2.45) is 0 Å². The minimum Gasteiger partial charge on any atom is -0.382 e. The van der Waals surface area contributed by atoms with Gasteiger partial charge in [0.25, 0.3) is 11.2 Å². The number of nitro benzene ring substituents is 1. The van der Waals surface area contributed by atoms with Crippen molar-refractivity contribution < 1.29 is 23.2 Å². The molecule has 0 spiro atoms. The Labute approximate surface area is 124 Å². The van der Waals surface area contributed by atoms with Gasteiger partial charge in [0, 0.05) is 6.07 Å². The minimum absolute atomic E-state index is 0.00153. The first-order chi connectivity index (χ1) is 10.1. The van der Waals surface area contributed by atoms with E-state index >= 15 is 0 Å². The predicted molar refractivity (Wildman–Crippen MR) is 69.7 cm³/mol. The molecule has 1 aromatic heterocycles. The third kappa shape index (κ3) is 3.02. The lowest BCUT2D eigenvalue weighted by atomic mass is 10.2. The molecular formula is C11H7ClF3N3O4. The van der Waals surface area contributed by atoms with E-state index < -0.39 is 35.0 Å². The maximum atomic E-state index is 12.3. The van der Waals surface area contributed by atoms with Crippen LogP contribution in [-0.4, -0.2) is 31.9 Å². The van der Waals surface area contributed by atoms with Crippen molar-refractivity contribution in [1.82, 2.24) is 9.55 Å². The van der Waals surface area contributed by atoms with E-state index in [2.05, 4.69) is 4.98 Å². The summed E-state index contributed by atoms with van der Waals surface area (Å²) in [6.07, 6.45) is -6.85. The van der Waals surface area contributed by atoms with Gasteiger partial charge in [-0.15, -0.1) is 0 Å². The number of nitro groups is 1. The predicted octanol–water partition coefficient (Wildman–Crippen LogP) is 1.88. The highest BCUT2D eigenvalue weighted by molar-refractivity contribution is 6.33. The summed E-state index contributed by atoms with van der Waals surface area (Å²) in [7, 11) is 0. The molecule has 0 amide bonds. The fraction of sp³-hybridized carbons (Fsp3) is 0.273. The summed E-state index contributed by atoms with van der Waals surface area (Å²) in [4.78, 5) is 25.7. The number of rotatable bonds is 3. The van der Waals surface area contributed by atoms with Crippen LogP contribution in [0.15, 0.2) is 23.3 Å². The summed E-state index contributed by atoms with van der Waals surface area (Å²) < 4.78 is 37.5. The number of fused-ring (bicyclic) bond motifs is 1. The number of nitrogens with zero attached hydrogens (tertiary/aromatic N) is 3. The van der Waals surface area contributed by atoms with Gasteiger partial charge in [0.2, 0.25) is 0 Å². The molecule has 7 nitrogen and oxygen atoms in total. The highest BCUT2D eigenvalue weighted by Crippen LogP contribution is 2.27. The second-order valence-electron chi connectivity index (χ2n) is 4.34. The van der Waals surface area contributed by atoms with Crippen LogP contribution >= 0.6 is 11.6 Å². The Morgan fingerprint density at radius 1 is 1.45 bits per heavy atom. The van der Waals surface area contributed by atoms with Crippen molar-refractivity contribution in [2.45, 2.75) is 18.8 Å². The van der Waals surface area contributed by atoms with Crippen LogP contribution in [0, 0.1) is 10.1 Å². The van der Waals surface area contributed by atoms with Crippen molar-refractivity contribution in [1.29, 1.82) is 0 Å². The second kappa shape index (κ2) is 5.54. The van der Waals surface area contributed by atoms with Gasteiger partial charge in [0.1, 0.15) is 5.02 Å². The van der Waals surface area contributed by atoms with Crippen LogP contribution < -0.4 is 5.56 Å². The smallest absolute Gasteiger partial charge is 0.382 e.